The van der Waals surface area contributed by atoms with Crippen molar-refractivity contribution in [1.29, 1.82) is 0 Å². The van der Waals surface area contributed by atoms with Gasteiger partial charge in [-0.3, -0.25) is 9.88 Å². The molecule has 4 heterocycles. The third-order valence-corrected chi connectivity index (χ3v) is 6.99. The fourth-order valence-electron chi connectivity index (χ4n) is 4.06. The van der Waals surface area contributed by atoms with E-state index in [1.807, 2.05) is 18.9 Å². The molecule has 4 rings (SSSR count). The Balaban J connectivity index is 1.86. The molecule has 2 aliphatic rings. The topological polar surface area (TPSA) is 40.6 Å². The van der Waals surface area contributed by atoms with Gasteiger partial charge in [0.15, 0.2) is 0 Å². The molecule has 0 radical (unpaired) electrons. The largest absolute Gasteiger partial charge is 0.425 e. The summed E-state index contributed by atoms with van der Waals surface area (Å²) in [5.74, 6) is -0.472. The first-order valence-electron chi connectivity index (χ1n) is 10.00. The van der Waals surface area contributed by atoms with Crippen LogP contribution < -0.4 is 15.9 Å². The molecule has 168 valence electrons. The maximum Gasteiger partial charge on any atom is 0.425 e. The number of alkyl halides is 3. The van der Waals surface area contributed by atoms with Gasteiger partial charge in [0.25, 0.3) is 0 Å². The second-order valence-corrected chi connectivity index (χ2v) is 8.96. The van der Waals surface area contributed by atoms with Crippen molar-refractivity contribution in [1.82, 2.24) is 14.8 Å². The van der Waals surface area contributed by atoms with Gasteiger partial charge in [0.1, 0.15) is 15.7 Å². The monoisotopic (exact) mass is 456 g/mol. The zero-order chi connectivity index (χ0) is 22.3. The summed E-state index contributed by atoms with van der Waals surface area (Å²) in [6.45, 7) is 3.88. The van der Waals surface area contributed by atoms with Crippen LogP contribution in [0.5, 0.6) is 0 Å². The Morgan fingerprint density at radius 3 is 2.84 bits per heavy atom. The number of nitrogens with zero attached hydrogens (tertiary/aromatic N) is 3. The van der Waals surface area contributed by atoms with E-state index in [4.69, 9.17) is 4.74 Å². The second kappa shape index (κ2) is 8.40. The molecule has 1 N–H and O–H groups in total. The number of anilines is 1. The first-order chi connectivity index (χ1) is 14.7. The predicted molar refractivity (Wildman–Crippen MR) is 112 cm³/mol. The number of pyridine rings is 1. The molecule has 2 unspecified atom stereocenters. The highest BCUT2D eigenvalue weighted by Crippen LogP contribution is 2.42. The number of hydrogen-bond acceptors (Lipinski definition) is 6. The Morgan fingerprint density at radius 1 is 1.35 bits per heavy atom. The quantitative estimate of drug-likeness (QED) is 0.717. The fraction of sp³-hybridized carbons (Fsp3) is 0.476. The van der Waals surface area contributed by atoms with E-state index >= 15 is 0 Å². The Hall–Kier alpha value is -2.17. The van der Waals surface area contributed by atoms with E-state index in [2.05, 4.69) is 15.2 Å². The van der Waals surface area contributed by atoms with Gasteiger partial charge in [-0.2, -0.15) is 13.2 Å². The van der Waals surface area contributed by atoms with Crippen LogP contribution in [-0.2, 0) is 10.9 Å². The molecule has 0 aromatic carbocycles. The molecule has 0 aliphatic carbocycles. The van der Waals surface area contributed by atoms with Crippen LogP contribution in [0.2, 0.25) is 0 Å². The second-order valence-electron chi connectivity index (χ2n) is 7.91. The van der Waals surface area contributed by atoms with Crippen LogP contribution in [0.4, 0.5) is 22.6 Å². The van der Waals surface area contributed by atoms with Gasteiger partial charge in [-0.25, -0.2) is 4.39 Å². The van der Waals surface area contributed by atoms with Crippen LogP contribution in [0.15, 0.2) is 18.3 Å². The van der Waals surface area contributed by atoms with Crippen molar-refractivity contribution in [2.45, 2.75) is 31.7 Å². The van der Waals surface area contributed by atoms with Gasteiger partial charge in [0, 0.05) is 50.7 Å². The number of fused-ring (bicyclic) bond motifs is 2. The lowest BCUT2D eigenvalue weighted by atomic mass is 10.0. The normalized spacial score (nSPS) is 20.4. The van der Waals surface area contributed by atoms with E-state index in [0.29, 0.717) is 46.0 Å². The molecule has 0 bridgehead atoms. The molecule has 10 heteroatoms. The summed E-state index contributed by atoms with van der Waals surface area (Å²) in [6, 6.07) is 2.53. The smallest absolute Gasteiger partial charge is 0.382 e. The van der Waals surface area contributed by atoms with Crippen molar-refractivity contribution in [3.8, 4) is 0 Å². The summed E-state index contributed by atoms with van der Waals surface area (Å²) in [5.41, 5.74) is 0.925. The minimum Gasteiger partial charge on any atom is -0.382 e. The van der Waals surface area contributed by atoms with Crippen LogP contribution in [0, 0.1) is 5.82 Å². The Morgan fingerprint density at radius 2 is 2.13 bits per heavy atom. The van der Waals surface area contributed by atoms with Crippen molar-refractivity contribution < 1.29 is 22.3 Å². The Labute approximate surface area is 181 Å². The minimum absolute atomic E-state index is 0.0397. The average molecular weight is 457 g/mol. The molecule has 1 saturated heterocycles. The van der Waals surface area contributed by atoms with Crippen molar-refractivity contribution in [2.24, 2.45) is 0 Å². The van der Waals surface area contributed by atoms with E-state index in [1.54, 1.807) is 7.11 Å². The van der Waals surface area contributed by atoms with Gasteiger partial charge in [0.05, 0.1) is 22.4 Å². The van der Waals surface area contributed by atoms with Gasteiger partial charge in [-0.1, -0.05) is 0 Å². The molecule has 2 aromatic rings. The van der Waals surface area contributed by atoms with Gasteiger partial charge in [-0.05, 0) is 32.5 Å². The Kier molecular flexibility index (Phi) is 5.97. The molecule has 0 amide bonds. The lowest BCUT2D eigenvalue weighted by Gasteiger charge is -2.42. The van der Waals surface area contributed by atoms with Gasteiger partial charge in [-0.15, -0.1) is 11.3 Å². The highest BCUT2D eigenvalue weighted by molar-refractivity contribution is 7.16. The lowest BCUT2D eigenvalue weighted by Crippen LogP contribution is -2.53. The van der Waals surface area contributed by atoms with Crippen molar-refractivity contribution in [3.05, 3.63) is 45.2 Å². The van der Waals surface area contributed by atoms with Crippen molar-refractivity contribution in [3.63, 3.8) is 0 Å². The molecule has 5 nitrogen and oxygen atoms in total. The number of ether oxygens (including phenoxy) is 1. The predicted octanol–water partition coefficient (Wildman–Crippen LogP) is 2.66. The summed E-state index contributed by atoms with van der Waals surface area (Å²) in [5, 5.41) is 3.81. The number of rotatable bonds is 4. The van der Waals surface area contributed by atoms with Gasteiger partial charge >= 0.3 is 6.18 Å². The van der Waals surface area contributed by atoms with Crippen LogP contribution in [-0.4, -0.2) is 60.7 Å². The number of likely N-dealkylation sites (N-methyl/N-ethyl adjacent to an activating group) is 1. The number of nitrogens with one attached hydrogen (secondary N) is 1. The zero-order valence-electron chi connectivity index (χ0n) is 17.5. The van der Waals surface area contributed by atoms with E-state index in [1.165, 1.54) is 18.5 Å². The standard InChI is InChI=1S/C21H24F4N4OS/c1-12(30-3)8-13-11-29(7-6-28(13)2)19-14-9-17(21(23,24)25)31-20(14)27-10-15-16(22)4-5-26-18(15)19/h4-5,9-10,12-13,27H,6-8,11H2,1-3H3. The number of piperazine rings is 1. The molecule has 0 spiro atoms. The maximum absolute atomic E-state index is 14.6. The van der Waals surface area contributed by atoms with E-state index < -0.39 is 16.9 Å². The number of hydrogen-bond donors (Lipinski definition) is 1. The van der Waals surface area contributed by atoms with Crippen molar-refractivity contribution in [2.75, 3.05) is 39.1 Å². The third kappa shape index (κ3) is 4.28. The summed E-state index contributed by atoms with van der Waals surface area (Å²) in [4.78, 5) is 7.94. The molecule has 2 aromatic heterocycles. The summed E-state index contributed by atoms with van der Waals surface area (Å²) >= 11 is 0.620. The lowest BCUT2D eigenvalue weighted by molar-refractivity contribution is -0.134. The molecular formula is C21H24F4N4OS. The van der Waals surface area contributed by atoms with E-state index in [0.717, 1.165) is 19.0 Å². The number of aromatic nitrogens is 1. The molecule has 2 atom stereocenters. The maximum atomic E-state index is 14.6. The highest BCUT2D eigenvalue weighted by atomic mass is 32.1. The van der Waals surface area contributed by atoms with Crippen molar-refractivity contribution >= 4 is 28.2 Å². The van der Waals surface area contributed by atoms with Gasteiger partial charge in [0.2, 0.25) is 0 Å². The summed E-state index contributed by atoms with van der Waals surface area (Å²) < 4.78 is 60.4. The molecule has 1 fully saturated rings. The third-order valence-electron chi connectivity index (χ3n) is 5.88. The van der Waals surface area contributed by atoms with Crippen LogP contribution in [0.3, 0.4) is 0 Å². The Bertz CT molecular complexity index is 1080. The molecule has 0 saturated carbocycles. The molecule has 2 aliphatic heterocycles. The number of halogens is 4. The highest BCUT2D eigenvalue weighted by Gasteiger charge is 2.36. The fourth-order valence-corrected chi connectivity index (χ4v) is 4.95. The number of thiophene rings is 1. The van der Waals surface area contributed by atoms with E-state index in [9.17, 15) is 17.6 Å². The van der Waals surface area contributed by atoms with E-state index in [-0.39, 0.29) is 17.4 Å². The van der Waals surface area contributed by atoms with Crippen LogP contribution >= 0.6 is 11.3 Å². The first-order valence-corrected chi connectivity index (χ1v) is 10.8. The average Bonchev–Trinajstić information content (AvgIpc) is 3.07. The minimum atomic E-state index is -4.46. The molecule has 31 heavy (non-hydrogen) atoms. The van der Waals surface area contributed by atoms with Crippen LogP contribution in [0.1, 0.15) is 23.8 Å². The molecular weight excluding hydrogens is 432 g/mol. The van der Waals surface area contributed by atoms with Gasteiger partial charge < -0.3 is 15.0 Å². The number of methoxy groups -OCH3 is 1. The summed E-state index contributed by atoms with van der Waals surface area (Å²) in [6.07, 6.45) is -0.890. The van der Waals surface area contributed by atoms with Crippen LogP contribution in [0.25, 0.3) is 11.9 Å². The zero-order valence-corrected chi connectivity index (χ0v) is 18.3. The SMILES string of the molecule is COC(C)CC1CN(C2=c3nccc(F)c3=CNc3sc(C(F)(F)F)cc32)CCN1C. The first kappa shape index (κ1) is 22.0. The summed E-state index contributed by atoms with van der Waals surface area (Å²) in [7, 11) is 3.69.